The van der Waals surface area contributed by atoms with Crippen LogP contribution < -0.4 is 0 Å². The van der Waals surface area contributed by atoms with Gasteiger partial charge in [-0.1, -0.05) is 12.8 Å². The van der Waals surface area contributed by atoms with Crippen molar-refractivity contribution < 1.29 is 9.59 Å². The third kappa shape index (κ3) is 3.53. The average Bonchev–Trinajstić information content (AvgIpc) is 2.68. The highest BCUT2D eigenvalue weighted by Crippen LogP contribution is 2.40. The maximum absolute atomic E-state index is 12.9. The molecule has 4 heteroatoms. The van der Waals surface area contributed by atoms with Gasteiger partial charge in [0.2, 0.25) is 5.91 Å². The van der Waals surface area contributed by atoms with Gasteiger partial charge in [0.05, 0.1) is 4.75 Å². The summed E-state index contributed by atoms with van der Waals surface area (Å²) in [5.74, 6) is 1.57. The monoisotopic (exact) mass is 283 g/mol. The molecule has 2 rings (SSSR count). The summed E-state index contributed by atoms with van der Waals surface area (Å²) < 4.78 is -0.237. The number of thioether (sulfide) groups is 1. The van der Waals surface area contributed by atoms with E-state index in [2.05, 4.69) is 6.92 Å². The smallest absolute Gasteiger partial charge is 0.238 e. The van der Waals surface area contributed by atoms with Crippen molar-refractivity contribution in [3.63, 3.8) is 0 Å². The Kier molecular flexibility index (Phi) is 4.93. The van der Waals surface area contributed by atoms with Crippen LogP contribution in [0.4, 0.5) is 0 Å². The second kappa shape index (κ2) is 6.29. The van der Waals surface area contributed by atoms with Crippen molar-refractivity contribution in [2.45, 2.75) is 69.6 Å². The second-order valence-corrected chi connectivity index (χ2v) is 7.69. The Balaban J connectivity index is 2.12. The largest absolute Gasteiger partial charge is 0.338 e. The number of nitrogens with zero attached hydrogens (tertiary/aromatic N) is 1. The number of Topliss-reactive ketones (excluding diaryl/α,β-unsaturated/α-hetero) is 1. The fourth-order valence-corrected chi connectivity index (χ4v) is 4.51. The van der Waals surface area contributed by atoms with Crippen LogP contribution in [0.2, 0.25) is 0 Å². The molecule has 2 unspecified atom stereocenters. The minimum absolute atomic E-state index is 0.144. The highest BCUT2D eigenvalue weighted by molar-refractivity contribution is 8.01. The molecule has 0 radical (unpaired) electrons. The Morgan fingerprint density at radius 2 is 2.05 bits per heavy atom. The second-order valence-electron chi connectivity index (χ2n) is 6.09. The van der Waals surface area contributed by atoms with Crippen LogP contribution in [0.5, 0.6) is 0 Å². The number of amides is 1. The Hall–Kier alpha value is -0.510. The number of hydrogen-bond acceptors (Lipinski definition) is 3. The van der Waals surface area contributed by atoms with Crippen molar-refractivity contribution in [2.75, 3.05) is 12.3 Å². The molecule has 2 saturated heterocycles. The Morgan fingerprint density at radius 1 is 1.26 bits per heavy atom. The molecule has 0 bridgehead atoms. The summed E-state index contributed by atoms with van der Waals surface area (Å²) in [6.45, 7) is 4.56. The lowest BCUT2D eigenvalue weighted by Crippen LogP contribution is -2.49. The van der Waals surface area contributed by atoms with Crippen molar-refractivity contribution in [3.8, 4) is 0 Å². The fraction of sp³-hybridized carbons (Fsp3) is 0.867. The summed E-state index contributed by atoms with van der Waals surface area (Å²) in [6, 6.07) is 0.144. The lowest BCUT2D eigenvalue weighted by atomic mass is 9.99. The molecular formula is C15H25NO2S. The highest BCUT2D eigenvalue weighted by atomic mass is 32.2. The maximum Gasteiger partial charge on any atom is 0.238 e. The van der Waals surface area contributed by atoms with Gasteiger partial charge < -0.3 is 4.90 Å². The Labute approximate surface area is 120 Å². The van der Waals surface area contributed by atoms with Crippen molar-refractivity contribution >= 4 is 23.5 Å². The number of likely N-dealkylation sites (tertiary alicyclic amines) is 1. The molecule has 2 aliphatic rings. The molecule has 3 nitrogen and oxygen atoms in total. The first kappa shape index (κ1) is 14.9. The van der Waals surface area contributed by atoms with Crippen LogP contribution in [0.1, 0.15) is 58.8 Å². The zero-order valence-corrected chi connectivity index (χ0v) is 12.9. The number of ketones is 1. The van der Waals surface area contributed by atoms with Gasteiger partial charge in [-0.3, -0.25) is 9.59 Å². The van der Waals surface area contributed by atoms with Crippen LogP contribution in [0.3, 0.4) is 0 Å². The molecule has 0 N–H and O–H groups in total. The van der Waals surface area contributed by atoms with E-state index in [1.165, 1.54) is 6.42 Å². The van der Waals surface area contributed by atoms with E-state index in [4.69, 9.17) is 0 Å². The number of carbonyl (C=O) groups is 2. The van der Waals surface area contributed by atoms with Gasteiger partial charge in [0.15, 0.2) is 0 Å². The fourth-order valence-electron chi connectivity index (χ4n) is 3.24. The minimum atomic E-state index is -0.237. The van der Waals surface area contributed by atoms with Gasteiger partial charge in [-0.25, -0.2) is 0 Å². The van der Waals surface area contributed by atoms with Gasteiger partial charge in [0.1, 0.15) is 5.78 Å². The number of rotatable bonds is 3. The molecule has 0 saturated carbocycles. The van der Waals surface area contributed by atoms with Crippen LogP contribution in [-0.4, -0.2) is 39.7 Å². The van der Waals surface area contributed by atoms with Crippen molar-refractivity contribution in [1.82, 2.24) is 4.90 Å². The van der Waals surface area contributed by atoms with Gasteiger partial charge in [0.25, 0.3) is 0 Å². The first-order valence-corrected chi connectivity index (χ1v) is 8.46. The lowest BCUT2D eigenvalue weighted by molar-refractivity contribution is -0.136. The van der Waals surface area contributed by atoms with Crippen molar-refractivity contribution in [3.05, 3.63) is 0 Å². The molecule has 0 aliphatic carbocycles. The van der Waals surface area contributed by atoms with E-state index in [-0.39, 0.29) is 22.5 Å². The van der Waals surface area contributed by atoms with Crippen LogP contribution in [0.25, 0.3) is 0 Å². The molecule has 1 amide bonds. The topological polar surface area (TPSA) is 37.4 Å². The first-order valence-electron chi connectivity index (χ1n) is 7.47. The van der Waals surface area contributed by atoms with E-state index in [0.717, 1.165) is 44.4 Å². The standard InChI is InChI=1S/C15H25NO2S/c1-12(17)11-13-7-4-3-5-9-16(13)14(18)15(2)8-6-10-19-15/h13H,3-11H2,1-2H3. The first-order chi connectivity index (χ1) is 9.03. The van der Waals surface area contributed by atoms with E-state index in [0.29, 0.717) is 6.42 Å². The predicted molar refractivity (Wildman–Crippen MR) is 79.4 cm³/mol. The van der Waals surface area contributed by atoms with Gasteiger partial charge in [0, 0.05) is 19.0 Å². The van der Waals surface area contributed by atoms with Gasteiger partial charge >= 0.3 is 0 Å². The molecule has 108 valence electrons. The summed E-state index contributed by atoms with van der Waals surface area (Å²) in [4.78, 5) is 26.3. The molecule has 2 fully saturated rings. The van der Waals surface area contributed by atoms with Crippen LogP contribution in [-0.2, 0) is 9.59 Å². The summed E-state index contributed by atoms with van der Waals surface area (Å²) in [5.41, 5.74) is 0. The third-order valence-electron chi connectivity index (χ3n) is 4.33. The normalized spacial score (nSPS) is 32.1. The number of hydrogen-bond donors (Lipinski definition) is 0. The van der Waals surface area contributed by atoms with E-state index in [9.17, 15) is 9.59 Å². The Bertz CT molecular complexity index is 350. The molecule has 0 aromatic carbocycles. The van der Waals surface area contributed by atoms with E-state index >= 15 is 0 Å². The number of carbonyl (C=O) groups excluding carboxylic acids is 2. The molecular weight excluding hydrogens is 258 g/mol. The zero-order valence-electron chi connectivity index (χ0n) is 12.1. The SMILES string of the molecule is CC(=O)CC1CCCCCN1C(=O)C1(C)CCCS1. The minimum Gasteiger partial charge on any atom is -0.338 e. The Morgan fingerprint density at radius 3 is 2.68 bits per heavy atom. The molecule has 19 heavy (non-hydrogen) atoms. The van der Waals surface area contributed by atoms with Crippen LogP contribution in [0, 0.1) is 0 Å². The van der Waals surface area contributed by atoms with Gasteiger partial charge in [-0.15, -0.1) is 11.8 Å². The highest BCUT2D eigenvalue weighted by Gasteiger charge is 2.42. The molecule has 2 atom stereocenters. The quantitative estimate of drug-likeness (QED) is 0.799. The van der Waals surface area contributed by atoms with Gasteiger partial charge in [-0.2, -0.15) is 0 Å². The third-order valence-corrected chi connectivity index (χ3v) is 5.84. The molecule has 2 heterocycles. The molecule has 0 spiro atoms. The summed E-state index contributed by atoms with van der Waals surface area (Å²) in [5, 5.41) is 0. The van der Waals surface area contributed by atoms with E-state index in [1.807, 2.05) is 4.90 Å². The zero-order chi connectivity index (χ0) is 13.9. The van der Waals surface area contributed by atoms with Crippen molar-refractivity contribution in [2.24, 2.45) is 0 Å². The summed E-state index contributed by atoms with van der Waals surface area (Å²) in [7, 11) is 0. The molecule has 2 aliphatic heterocycles. The molecule has 0 aromatic heterocycles. The van der Waals surface area contributed by atoms with Crippen LogP contribution in [0.15, 0.2) is 0 Å². The summed E-state index contributed by atoms with van der Waals surface area (Å²) >= 11 is 1.80. The van der Waals surface area contributed by atoms with Gasteiger partial charge in [-0.05, 0) is 45.3 Å². The average molecular weight is 283 g/mol. The van der Waals surface area contributed by atoms with Crippen LogP contribution >= 0.6 is 11.8 Å². The maximum atomic E-state index is 12.9. The van der Waals surface area contributed by atoms with E-state index in [1.54, 1.807) is 18.7 Å². The predicted octanol–water partition coefficient (Wildman–Crippen LogP) is 3.02. The summed E-state index contributed by atoms with van der Waals surface area (Å²) in [6.07, 6.45) is 7.06. The van der Waals surface area contributed by atoms with Crippen molar-refractivity contribution in [1.29, 1.82) is 0 Å². The lowest BCUT2D eigenvalue weighted by Gasteiger charge is -2.35. The van der Waals surface area contributed by atoms with E-state index < -0.39 is 0 Å². The molecule has 0 aromatic rings.